The Morgan fingerprint density at radius 1 is 1.26 bits per heavy atom. The summed E-state index contributed by atoms with van der Waals surface area (Å²) in [5.41, 5.74) is 6.68. The lowest BCUT2D eigenvalue weighted by Crippen LogP contribution is -2.37. The fraction of sp³-hybridized carbons (Fsp3) is 0.733. The molecule has 1 fully saturated rings. The van der Waals surface area contributed by atoms with Gasteiger partial charge in [0.2, 0.25) is 5.95 Å². The molecule has 0 amide bonds. The molecule has 2 N–H and O–H groups in total. The van der Waals surface area contributed by atoms with E-state index in [2.05, 4.69) is 28.7 Å². The first kappa shape index (κ1) is 14.3. The predicted molar refractivity (Wildman–Crippen MR) is 79.2 cm³/mol. The third-order valence-electron chi connectivity index (χ3n) is 3.71. The first-order valence-electron chi connectivity index (χ1n) is 7.48. The summed E-state index contributed by atoms with van der Waals surface area (Å²) in [6.07, 6.45) is 9.94. The van der Waals surface area contributed by atoms with Crippen molar-refractivity contribution in [1.82, 2.24) is 9.97 Å². The zero-order valence-corrected chi connectivity index (χ0v) is 12.2. The molecule has 0 aromatic carbocycles. The molecule has 19 heavy (non-hydrogen) atoms. The van der Waals surface area contributed by atoms with Gasteiger partial charge in [-0.2, -0.15) is 0 Å². The minimum Gasteiger partial charge on any atom is -0.338 e. The van der Waals surface area contributed by atoms with Crippen molar-refractivity contribution in [3.63, 3.8) is 0 Å². The van der Waals surface area contributed by atoms with Crippen LogP contribution in [0.25, 0.3) is 0 Å². The maximum absolute atomic E-state index is 5.56. The van der Waals surface area contributed by atoms with Gasteiger partial charge in [-0.25, -0.2) is 9.97 Å². The number of nitrogens with zero attached hydrogens (tertiary/aromatic N) is 3. The lowest BCUT2D eigenvalue weighted by Gasteiger charge is -2.30. The average Bonchev–Trinajstić information content (AvgIpc) is 2.91. The molecule has 0 saturated heterocycles. The van der Waals surface area contributed by atoms with Crippen molar-refractivity contribution in [3.05, 3.63) is 18.0 Å². The van der Waals surface area contributed by atoms with Crippen molar-refractivity contribution in [1.29, 1.82) is 0 Å². The van der Waals surface area contributed by atoms with Crippen LogP contribution in [0.5, 0.6) is 0 Å². The van der Waals surface area contributed by atoms with Crippen molar-refractivity contribution < 1.29 is 0 Å². The van der Waals surface area contributed by atoms with Crippen LogP contribution >= 0.6 is 0 Å². The van der Waals surface area contributed by atoms with Gasteiger partial charge in [-0.1, -0.05) is 26.7 Å². The second kappa shape index (κ2) is 6.85. The molecule has 1 aliphatic rings. The molecule has 0 atom stereocenters. The molecule has 2 rings (SSSR count). The van der Waals surface area contributed by atoms with E-state index in [0.717, 1.165) is 24.5 Å². The quantitative estimate of drug-likeness (QED) is 0.855. The first-order valence-corrected chi connectivity index (χ1v) is 7.48. The maximum Gasteiger partial charge on any atom is 0.225 e. The Labute approximate surface area is 116 Å². The Hall–Kier alpha value is -1.16. The molecular weight excluding hydrogens is 236 g/mol. The first-order chi connectivity index (χ1) is 9.20. The number of rotatable bonds is 6. The maximum atomic E-state index is 5.56. The van der Waals surface area contributed by atoms with Crippen LogP contribution in [-0.4, -0.2) is 29.1 Å². The Bertz CT molecular complexity index is 368. The predicted octanol–water partition coefficient (Wildman–Crippen LogP) is 2.38. The van der Waals surface area contributed by atoms with Crippen LogP contribution in [0.2, 0.25) is 0 Å². The van der Waals surface area contributed by atoms with Crippen molar-refractivity contribution in [3.8, 4) is 0 Å². The molecule has 4 heteroatoms. The number of hydrogen-bond acceptors (Lipinski definition) is 4. The van der Waals surface area contributed by atoms with Gasteiger partial charge < -0.3 is 10.6 Å². The molecule has 0 bridgehead atoms. The molecule has 1 aromatic rings. The van der Waals surface area contributed by atoms with Crippen molar-refractivity contribution in [2.75, 3.05) is 18.0 Å². The van der Waals surface area contributed by atoms with Crippen LogP contribution in [-0.2, 0) is 6.42 Å². The summed E-state index contributed by atoms with van der Waals surface area (Å²) in [5.74, 6) is 1.52. The monoisotopic (exact) mass is 262 g/mol. The van der Waals surface area contributed by atoms with Crippen LogP contribution in [0.15, 0.2) is 12.4 Å². The van der Waals surface area contributed by atoms with Crippen LogP contribution in [0.4, 0.5) is 5.95 Å². The molecular formula is C15H26N4. The topological polar surface area (TPSA) is 55.0 Å². The minimum absolute atomic E-state index is 0.628. The lowest BCUT2D eigenvalue weighted by molar-refractivity contribution is 0.525. The Morgan fingerprint density at radius 2 is 1.89 bits per heavy atom. The largest absolute Gasteiger partial charge is 0.338 e. The van der Waals surface area contributed by atoms with E-state index in [1.54, 1.807) is 0 Å². The number of hydrogen-bond donors (Lipinski definition) is 1. The molecule has 1 aliphatic carbocycles. The minimum atomic E-state index is 0.628. The fourth-order valence-electron chi connectivity index (χ4n) is 2.80. The van der Waals surface area contributed by atoms with Gasteiger partial charge in [-0.15, -0.1) is 0 Å². The fourth-order valence-corrected chi connectivity index (χ4v) is 2.80. The van der Waals surface area contributed by atoms with Crippen molar-refractivity contribution in [2.45, 2.75) is 52.0 Å². The Kier molecular flexibility index (Phi) is 5.14. The third-order valence-corrected chi connectivity index (χ3v) is 3.71. The van der Waals surface area contributed by atoms with Gasteiger partial charge in [0.25, 0.3) is 0 Å². The molecule has 1 heterocycles. The van der Waals surface area contributed by atoms with Crippen LogP contribution in [0, 0.1) is 5.92 Å². The summed E-state index contributed by atoms with van der Waals surface area (Å²) in [6.45, 7) is 6.21. The normalized spacial score (nSPS) is 16.2. The molecule has 4 nitrogen and oxygen atoms in total. The van der Waals surface area contributed by atoms with E-state index in [9.17, 15) is 0 Å². The summed E-state index contributed by atoms with van der Waals surface area (Å²) >= 11 is 0. The van der Waals surface area contributed by atoms with E-state index in [1.165, 1.54) is 25.7 Å². The molecule has 106 valence electrons. The average molecular weight is 262 g/mol. The van der Waals surface area contributed by atoms with Gasteiger partial charge in [0.1, 0.15) is 0 Å². The van der Waals surface area contributed by atoms with Gasteiger partial charge in [0.15, 0.2) is 0 Å². The molecule has 0 aliphatic heterocycles. The number of aromatic nitrogens is 2. The zero-order chi connectivity index (χ0) is 13.7. The summed E-state index contributed by atoms with van der Waals surface area (Å²) in [5, 5.41) is 0. The molecule has 0 radical (unpaired) electrons. The van der Waals surface area contributed by atoms with E-state index < -0.39 is 0 Å². The SMILES string of the molecule is CC(C)CN(c1ncc(CCN)cn1)C1CCCC1. The van der Waals surface area contributed by atoms with E-state index in [-0.39, 0.29) is 0 Å². The number of anilines is 1. The summed E-state index contributed by atoms with van der Waals surface area (Å²) < 4.78 is 0. The lowest BCUT2D eigenvalue weighted by atomic mass is 10.1. The van der Waals surface area contributed by atoms with Gasteiger partial charge in [0, 0.05) is 25.0 Å². The summed E-state index contributed by atoms with van der Waals surface area (Å²) in [7, 11) is 0. The standard InChI is InChI=1S/C15H26N4/c1-12(2)11-19(14-5-3-4-6-14)15-17-9-13(7-8-16)10-18-15/h9-10,12,14H,3-8,11,16H2,1-2H3. The summed E-state index contributed by atoms with van der Waals surface area (Å²) in [4.78, 5) is 11.5. The van der Waals surface area contributed by atoms with E-state index in [4.69, 9.17) is 5.73 Å². The molecule has 1 aromatic heterocycles. The zero-order valence-electron chi connectivity index (χ0n) is 12.2. The van der Waals surface area contributed by atoms with Gasteiger partial charge in [-0.3, -0.25) is 0 Å². The highest BCUT2D eigenvalue weighted by atomic mass is 15.3. The third kappa shape index (κ3) is 3.90. The molecule has 0 unspecified atom stereocenters. The Balaban J connectivity index is 2.12. The van der Waals surface area contributed by atoms with E-state index in [1.807, 2.05) is 12.4 Å². The van der Waals surface area contributed by atoms with Crippen molar-refractivity contribution in [2.24, 2.45) is 11.7 Å². The van der Waals surface area contributed by atoms with Gasteiger partial charge >= 0.3 is 0 Å². The highest BCUT2D eigenvalue weighted by Gasteiger charge is 2.25. The summed E-state index contributed by atoms with van der Waals surface area (Å²) in [6, 6.07) is 0.628. The number of nitrogens with two attached hydrogens (primary N) is 1. The van der Waals surface area contributed by atoms with Crippen molar-refractivity contribution >= 4 is 5.95 Å². The smallest absolute Gasteiger partial charge is 0.225 e. The van der Waals surface area contributed by atoms with E-state index >= 15 is 0 Å². The Morgan fingerprint density at radius 3 is 2.42 bits per heavy atom. The second-order valence-corrected chi connectivity index (χ2v) is 5.91. The highest BCUT2D eigenvalue weighted by molar-refractivity contribution is 5.32. The van der Waals surface area contributed by atoms with Crippen LogP contribution < -0.4 is 10.6 Å². The highest BCUT2D eigenvalue weighted by Crippen LogP contribution is 2.26. The van der Waals surface area contributed by atoms with Gasteiger partial charge in [-0.05, 0) is 37.3 Å². The van der Waals surface area contributed by atoms with Gasteiger partial charge in [0.05, 0.1) is 0 Å². The van der Waals surface area contributed by atoms with E-state index in [0.29, 0.717) is 18.5 Å². The van der Waals surface area contributed by atoms with Crippen LogP contribution in [0.3, 0.4) is 0 Å². The van der Waals surface area contributed by atoms with Crippen LogP contribution in [0.1, 0.15) is 45.1 Å². The molecule has 0 spiro atoms. The molecule has 1 saturated carbocycles. The second-order valence-electron chi connectivity index (χ2n) is 5.91.